The number of rotatable bonds is 7. The van der Waals surface area contributed by atoms with Gasteiger partial charge in [0.2, 0.25) is 0 Å². The summed E-state index contributed by atoms with van der Waals surface area (Å²) >= 11 is 0. The average molecular weight is 396 g/mol. The number of carbonyl (C=O) groups is 1. The molecule has 1 unspecified atom stereocenters. The van der Waals surface area contributed by atoms with Crippen molar-refractivity contribution in [2.75, 3.05) is 25.1 Å². The lowest BCUT2D eigenvalue weighted by atomic mass is 9.89. The number of nitro groups is 1. The van der Waals surface area contributed by atoms with Crippen LogP contribution in [0.3, 0.4) is 0 Å². The Labute approximate surface area is 171 Å². The van der Waals surface area contributed by atoms with Gasteiger partial charge >= 0.3 is 5.97 Å². The monoisotopic (exact) mass is 396 g/mol. The van der Waals surface area contributed by atoms with E-state index in [1.54, 1.807) is 6.07 Å². The van der Waals surface area contributed by atoms with Gasteiger partial charge in [-0.15, -0.1) is 0 Å². The van der Waals surface area contributed by atoms with Crippen LogP contribution in [0.2, 0.25) is 0 Å². The Hall–Kier alpha value is -2.89. The van der Waals surface area contributed by atoms with Crippen molar-refractivity contribution in [1.29, 1.82) is 0 Å². The molecule has 0 bridgehead atoms. The molecule has 0 spiro atoms. The van der Waals surface area contributed by atoms with Crippen LogP contribution in [-0.2, 0) is 9.53 Å². The van der Waals surface area contributed by atoms with E-state index in [0.717, 1.165) is 31.5 Å². The lowest BCUT2D eigenvalue weighted by Crippen LogP contribution is -2.33. The molecule has 0 amide bonds. The number of carbonyl (C=O) groups excluding carboxylic acids is 1. The molecule has 0 N–H and O–H groups in total. The minimum Gasteiger partial charge on any atom is -0.469 e. The van der Waals surface area contributed by atoms with Crippen molar-refractivity contribution in [2.45, 2.75) is 44.4 Å². The molecule has 1 heterocycles. The molecule has 6 heteroatoms. The van der Waals surface area contributed by atoms with E-state index in [1.807, 2.05) is 25.1 Å². The SMILES string of the molecule is CCC(CC(=O)OC)c1ccc(N2CCC(c3ccccc3)CC2)c([N+](=O)[O-])c1. The molecule has 2 aromatic carbocycles. The second-order valence-electron chi connectivity index (χ2n) is 7.56. The van der Waals surface area contributed by atoms with Crippen LogP contribution >= 0.6 is 0 Å². The predicted octanol–water partition coefficient (Wildman–Crippen LogP) is 5.04. The van der Waals surface area contributed by atoms with Gasteiger partial charge in [-0.2, -0.15) is 0 Å². The molecule has 0 aliphatic carbocycles. The quantitative estimate of drug-likeness (QED) is 0.373. The van der Waals surface area contributed by atoms with Crippen molar-refractivity contribution < 1.29 is 14.5 Å². The molecule has 3 rings (SSSR count). The molecule has 1 aliphatic heterocycles. The van der Waals surface area contributed by atoms with Crippen molar-refractivity contribution >= 4 is 17.3 Å². The number of ether oxygens (including phenoxy) is 1. The van der Waals surface area contributed by atoms with Crippen LogP contribution in [0.1, 0.15) is 55.6 Å². The van der Waals surface area contributed by atoms with Crippen LogP contribution in [0, 0.1) is 10.1 Å². The van der Waals surface area contributed by atoms with Crippen LogP contribution in [0.5, 0.6) is 0 Å². The van der Waals surface area contributed by atoms with E-state index < -0.39 is 0 Å². The lowest BCUT2D eigenvalue weighted by Gasteiger charge is -2.33. The van der Waals surface area contributed by atoms with Crippen LogP contribution in [0.4, 0.5) is 11.4 Å². The third-order valence-corrected chi connectivity index (χ3v) is 5.91. The molecule has 0 aromatic heterocycles. The fourth-order valence-corrected chi connectivity index (χ4v) is 4.17. The molecule has 154 valence electrons. The van der Waals surface area contributed by atoms with Gasteiger partial charge in [0.25, 0.3) is 5.69 Å². The van der Waals surface area contributed by atoms with E-state index in [-0.39, 0.29) is 28.9 Å². The lowest BCUT2D eigenvalue weighted by molar-refractivity contribution is -0.384. The summed E-state index contributed by atoms with van der Waals surface area (Å²) in [4.78, 5) is 25.3. The summed E-state index contributed by atoms with van der Waals surface area (Å²) in [6.45, 7) is 3.56. The van der Waals surface area contributed by atoms with E-state index in [9.17, 15) is 14.9 Å². The Morgan fingerprint density at radius 1 is 1.21 bits per heavy atom. The maximum Gasteiger partial charge on any atom is 0.306 e. The number of hydrogen-bond donors (Lipinski definition) is 0. The van der Waals surface area contributed by atoms with Crippen molar-refractivity contribution in [3.63, 3.8) is 0 Å². The van der Waals surface area contributed by atoms with Gasteiger partial charge in [-0.05, 0) is 48.3 Å². The van der Waals surface area contributed by atoms with E-state index in [2.05, 4.69) is 29.2 Å². The number of esters is 1. The molecule has 1 saturated heterocycles. The zero-order valence-electron chi connectivity index (χ0n) is 17.0. The van der Waals surface area contributed by atoms with Crippen molar-refractivity contribution in [3.8, 4) is 0 Å². The summed E-state index contributed by atoms with van der Waals surface area (Å²) in [6, 6.07) is 15.9. The van der Waals surface area contributed by atoms with Crippen molar-refractivity contribution in [3.05, 3.63) is 69.8 Å². The molecule has 6 nitrogen and oxygen atoms in total. The van der Waals surface area contributed by atoms with E-state index in [0.29, 0.717) is 18.0 Å². The Balaban J connectivity index is 1.77. The van der Waals surface area contributed by atoms with Gasteiger partial charge in [0, 0.05) is 19.2 Å². The summed E-state index contributed by atoms with van der Waals surface area (Å²) in [6.07, 6.45) is 2.89. The van der Waals surface area contributed by atoms with Crippen molar-refractivity contribution in [2.24, 2.45) is 0 Å². The Kier molecular flexibility index (Phi) is 6.86. The van der Waals surface area contributed by atoms with Crippen LogP contribution < -0.4 is 4.90 Å². The number of methoxy groups -OCH3 is 1. The average Bonchev–Trinajstić information content (AvgIpc) is 2.77. The van der Waals surface area contributed by atoms with E-state index >= 15 is 0 Å². The van der Waals surface area contributed by atoms with Crippen LogP contribution in [0.15, 0.2) is 48.5 Å². The standard InChI is InChI=1S/C23H28N2O4/c1-3-17(16-23(26)29-2)20-9-10-21(22(15-20)25(27)28)24-13-11-19(12-14-24)18-7-5-4-6-8-18/h4-10,15,17,19H,3,11-14,16H2,1-2H3. The highest BCUT2D eigenvalue weighted by molar-refractivity contribution is 5.71. The Morgan fingerprint density at radius 3 is 2.48 bits per heavy atom. The first-order valence-electron chi connectivity index (χ1n) is 10.2. The molecule has 2 aromatic rings. The maximum absolute atomic E-state index is 11.8. The highest BCUT2D eigenvalue weighted by Gasteiger charge is 2.27. The first kappa shape index (κ1) is 20.8. The second kappa shape index (κ2) is 9.54. The summed E-state index contributed by atoms with van der Waals surface area (Å²) in [5.74, 6) is 0.112. The first-order valence-corrected chi connectivity index (χ1v) is 10.2. The number of benzene rings is 2. The van der Waals surface area contributed by atoms with Crippen LogP contribution in [-0.4, -0.2) is 31.1 Å². The summed E-state index contributed by atoms with van der Waals surface area (Å²) in [5, 5.41) is 11.8. The molecule has 1 atom stereocenters. The molecular formula is C23H28N2O4. The Morgan fingerprint density at radius 2 is 1.90 bits per heavy atom. The molecule has 1 fully saturated rings. The number of nitrogens with zero attached hydrogens (tertiary/aromatic N) is 2. The zero-order chi connectivity index (χ0) is 20.8. The predicted molar refractivity (Wildman–Crippen MR) is 113 cm³/mol. The van der Waals surface area contributed by atoms with Gasteiger partial charge in [0.1, 0.15) is 5.69 Å². The second-order valence-corrected chi connectivity index (χ2v) is 7.56. The molecule has 29 heavy (non-hydrogen) atoms. The summed E-state index contributed by atoms with van der Waals surface area (Å²) in [7, 11) is 1.36. The number of nitro benzene ring substituents is 1. The number of hydrogen-bond acceptors (Lipinski definition) is 5. The smallest absolute Gasteiger partial charge is 0.306 e. The van der Waals surface area contributed by atoms with Gasteiger partial charge in [0.05, 0.1) is 18.5 Å². The highest BCUT2D eigenvalue weighted by Crippen LogP contribution is 2.37. The van der Waals surface area contributed by atoms with Gasteiger partial charge in [-0.1, -0.05) is 43.3 Å². The van der Waals surface area contributed by atoms with Crippen LogP contribution in [0.25, 0.3) is 0 Å². The summed E-state index contributed by atoms with van der Waals surface area (Å²) < 4.78 is 4.77. The topological polar surface area (TPSA) is 72.7 Å². The van der Waals surface area contributed by atoms with Gasteiger partial charge in [0.15, 0.2) is 0 Å². The first-order chi connectivity index (χ1) is 14.0. The molecular weight excluding hydrogens is 368 g/mol. The Bertz CT molecular complexity index is 845. The minimum absolute atomic E-state index is 0.0842. The molecule has 0 saturated carbocycles. The van der Waals surface area contributed by atoms with E-state index in [4.69, 9.17) is 4.74 Å². The number of anilines is 1. The largest absolute Gasteiger partial charge is 0.469 e. The highest BCUT2D eigenvalue weighted by atomic mass is 16.6. The fourth-order valence-electron chi connectivity index (χ4n) is 4.17. The normalized spacial score (nSPS) is 15.7. The number of piperidine rings is 1. The third kappa shape index (κ3) is 4.94. The minimum atomic E-state index is -0.313. The zero-order valence-corrected chi connectivity index (χ0v) is 17.0. The van der Waals surface area contributed by atoms with Gasteiger partial charge in [-0.3, -0.25) is 14.9 Å². The van der Waals surface area contributed by atoms with Crippen molar-refractivity contribution in [1.82, 2.24) is 0 Å². The van der Waals surface area contributed by atoms with Gasteiger partial charge < -0.3 is 9.64 Å². The van der Waals surface area contributed by atoms with E-state index in [1.165, 1.54) is 12.7 Å². The molecule has 1 aliphatic rings. The third-order valence-electron chi connectivity index (χ3n) is 5.91. The maximum atomic E-state index is 11.8. The fraction of sp³-hybridized carbons (Fsp3) is 0.435. The summed E-state index contributed by atoms with van der Waals surface area (Å²) in [5.41, 5.74) is 2.93. The van der Waals surface area contributed by atoms with Gasteiger partial charge in [-0.25, -0.2) is 0 Å². The molecule has 0 radical (unpaired) electrons.